The Labute approximate surface area is 186 Å². The molecule has 1 saturated heterocycles. The number of benzene rings is 1. The van der Waals surface area contributed by atoms with E-state index in [0.29, 0.717) is 24.9 Å². The molecule has 2 aliphatic heterocycles. The zero-order valence-corrected chi connectivity index (χ0v) is 18.6. The molecule has 162 valence electrons. The van der Waals surface area contributed by atoms with Crippen LogP contribution in [0, 0.1) is 11.8 Å². The molecule has 1 N–H and O–H groups in total. The van der Waals surface area contributed by atoms with Gasteiger partial charge in [0, 0.05) is 43.2 Å². The van der Waals surface area contributed by atoms with Gasteiger partial charge in [-0.05, 0) is 60.4 Å². The van der Waals surface area contributed by atoms with E-state index in [4.69, 9.17) is 4.74 Å². The average Bonchev–Trinajstić information content (AvgIpc) is 3.42. The molecule has 2 atom stereocenters. The van der Waals surface area contributed by atoms with Crippen molar-refractivity contribution in [3.8, 4) is 16.9 Å². The molecule has 1 fully saturated rings. The van der Waals surface area contributed by atoms with Crippen LogP contribution < -0.4 is 10.1 Å². The molecule has 4 heterocycles. The third kappa shape index (κ3) is 4.67. The molecule has 0 aliphatic carbocycles. The first kappa shape index (κ1) is 20.3. The van der Waals surface area contributed by atoms with Crippen molar-refractivity contribution in [2.45, 2.75) is 25.8 Å². The Bertz CT molecular complexity index is 1050. The summed E-state index contributed by atoms with van der Waals surface area (Å²) in [4.78, 5) is 16.8. The molecule has 6 nitrogen and oxygen atoms in total. The predicted molar refractivity (Wildman–Crippen MR) is 123 cm³/mol. The maximum absolute atomic E-state index is 12.8. The molecule has 3 aromatic rings. The molecule has 0 radical (unpaired) electrons. The lowest BCUT2D eigenvalue weighted by Gasteiger charge is -2.38. The van der Waals surface area contributed by atoms with Crippen LogP contribution in [-0.2, 0) is 18.4 Å². The number of carbonyl (C=O) groups excluding carboxylic acids is 1. The first-order valence-corrected chi connectivity index (χ1v) is 11.8. The van der Waals surface area contributed by atoms with Gasteiger partial charge < -0.3 is 10.1 Å². The molecule has 1 aromatic carbocycles. The second-order valence-corrected chi connectivity index (χ2v) is 9.66. The lowest BCUT2D eigenvalue weighted by atomic mass is 9.81. The zero-order valence-electron chi connectivity index (χ0n) is 17.8. The normalized spacial score (nSPS) is 22.2. The Hall–Kier alpha value is -2.64. The van der Waals surface area contributed by atoms with Gasteiger partial charge in [-0.3, -0.25) is 14.4 Å². The molecular weight excluding hydrogens is 408 g/mol. The minimum absolute atomic E-state index is 0.0857. The van der Waals surface area contributed by atoms with Gasteiger partial charge in [0.05, 0.1) is 18.5 Å². The number of ether oxygens (including phenoxy) is 1. The molecule has 2 aromatic heterocycles. The third-order valence-corrected chi connectivity index (χ3v) is 7.28. The zero-order chi connectivity index (χ0) is 21.2. The quantitative estimate of drug-likeness (QED) is 0.661. The van der Waals surface area contributed by atoms with Gasteiger partial charge >= 0.3 is 0 Å². The molecule has 1 amide bonds. The minimum atomic E-state index is 0.0857. The van der Waals surface area contributed by atoms with Gasteiger partial charge in [-0.15, -0.1) is 11.3 Å². The number of hydrogen-bond donors (Lipinski definition) is 1. The van der Waals surface area contributed by atoms with Gasteiger partial charge in [0.15, 0.2) is 0 Å². The first-order chi connectivity index (χ1) is 15.1. The van der Waals surface area contributed by atoms with E-state index in [9.17, 15) is 4.79 Å². The van der Waals surface area contributed by atoms with Crippen molar-refractivity contribution in [3.05, 3.63) is 53.0 Å². The van der Waals surface area contributed by atoms with Crippen molar-refractivity contribution in [2.24, 2.45) is 18.9 Å². The van der Waals surface area contributed by atoms with Gasteiger partial charge in [0.25, 0.3) is 0 Å². The highest BCUT2D eigenvalue weighted by Gasteiger charge is 2.31. The van der Waals surface area contributed by atoms with Crippen molar-refractivity contribution >= 4 is 22.9 Å². The highest BCUT2D eigenvalue weighted by molar-refractivity contribution is 7.09. The number of thiophene rings is 1. The molecule has 31 heavy (non-hydrogen) atoms. The fourth-order valence-corrected chi connectivity index (χ4v) is 5.52. The Balaban J connectivity index is 1.32. The van der Waals surface area contributed by atoms with E-state index in [1.165, 1.54) is 4.88 Å². The van der Waals surface area contributed by atoms with Gasteiger partial charge in [0.2, 0.25) is 5.91 Å². The molecular formula is C24H28N4O2S. The second-order valence-electron chi connectivity index (χ2n) is 8.63. The van der Waals surface area contributed by atoms with Gasteiger partial charge in [-0.2, -0.15) is 5.10 Å². The van der Waals surface area contributed by atoms with Crippen molar-refractivity contribution in [2.75, 3.05) is 25.0 Å². The van der Waals surface area contributed by atoms with Gasteiger partial charge in [-0.1, -0.05) is 12.1 Å². The molecule has 2 aliphatic rings. The van der Waals surface area contributed by atoms with Crippen LogP contribution in [-0.4, -0.2) is 40.3 Å². The summed E-state index contributed by atoms with van der Waals surface area (Å²) in [6.07, 6.45) is 6.44. The highest BCUT2D eigenvalue weighted by Crippen LogP contribution is 2.35. The molecule has 0 unspecified atom stereocenters. The number of likely N-dealkylation sites (tertiary alicyclic amines) is 1. The number of aryl methyl sites for hydroxylation is 1. The fourth-order valence-electron chi connectivity index (χ4n) is 4.77. The van der Waals surface area contributed by atoms with Crippen LogP contribution in [0.3, 0.4) is 0 Å². The van der Waals surface area contributed by atoms with E-state index in [1.807, 2.05) is 49.0 Å². The van der Waals surface area contributed by atoms with Crippen LogP contribution in [0.15, 0.2) is 48.1 Å². The largest absolute Gasteiger partial charge is 0.491 e. The smallest absolute Gasteiger partial charge is 0.224 e. The summed E-state index contributed by atoms with van der Waals surface area (Å²) in [5, 5.41) is 9.50. The maximum atomic E-state index is 12.8. The van der Waals surface area contributed by atoms with E-state index in [1.54, 1.807) is 4.68 Å². The summed E-state index contributed by atoms with van der Waals surface area (Å²) >= 11 is 1.82. The molecule has 5 rings (SSSR count). The summed E-state index contributed by atoms with van der Waals surface area (Å²) in [5.41, 5.74) is 2.83. The number of amides is 1. The van der Waals surface area contributed by atoms with Gasteiger partial charge in [0.1, 0.15) is 5.75 Å². The van der Waals surface area contributed by atoms with Crippen molar-refractivity contribution in [1.82, 2.24) is 14.7 Å². The number of aromatic nitrogens is 2. The summed E-state index contributed by atoms with van der Waals surface area (Å²) in [6, 6.07) is 10.3. The van der Waals surface area contributed by atoms with E-state index >= 15 is 0 Å². The number of carbonyl (C=O) groups is 1. The monoisotopic (exact) mass is 436 g/mol. The SMILES string of the molecule is Cn1cc(-c2ccc3c(c2)OCC[C@H]2CN(Cc4cccs4)CC[C@H]2CC(=O)N3)cn1. The number of fused-ring (bicyclic) bond motifs is 2. The molecule has 0 bridgehead atoms. The maximum Gasteiger partial charge on any atom is 0.224 e. The summed E-state index contributed by atoms with van der Waals surface area (Å²) < 4.78 is 8.00. The van der Waals surface area contributed by atoms with E-state index in [0.717, 1.165) is 55.0 Å². The average molecular weight is 437 g/mol. The lowest BCUT2D eigenvalue weighted by Crippen LogP contribution is -2.42. The summed E-state index contributed by atoms with van der Waals surface area (Å²) in [5.74, 6) is 1.71. The van der Waals surface area contributed by atoms with E-state index in [2.05, 4.69) is 32.8 Å². The number of anilines is 1. The van der Waals surface area contributed by atoms with Crippen molar-refractivity contribution < 1.29 is 9.53 Å². The van der Waals surface area contributed by atoms with Gasteiger partial charge in [-0.25, -0.2) is 0 Å². The van der Waals surface area contributed by atoms with Crippen LogP contribution in [0.4, 0.5) is 5.69 Å². The highest BCUT2D eigenvalue weighted by atomic mass is 32.1. The standard InChI is InChI=1S/C24H28N4O2S/c1-27-14-20(13-25-27)17-4-5-22-23(11-17)30-9-7-19-15-28(16-21-3-2-10-31-21)8-6-18(19)12-24(29)26-22/h2-5,10-11,13-14,18-19H,6-9,12,15-16H2,1H3,(H,26,29)/t18-,19-/m0/s1. The van der Waals surface area contributed by atoms with Crippen LogP contribution in [0.25, 0.3) is 11.1 Å². The van der Waals surface area contributed by atoms with Crippen molar-refractivity contribution in [3.63, 3.8) is 0 Å². The fraction of sp³-hybridized carbons (Fsp3) is 0.417. The number of rotatable bonds is 3. The van der Waals surface area contributed by atoms with E-state index in [-0.39, 0.29) is 5.91 Å². The summed E-state index contributed by atoms with van der Waals surface area (Å²) in [6.45, 7) is 3.75. The lowest BCUT2D eigenvalue weighted by molar-refractivity contribution is -0.118. The molecule has 0 spiro atoms. The third-order valence-electron chi connectivity index (χ3n) is 6.42. The number of hydrogen-bond acceptors (Lipinski definition) is 5. The van der Waals surface area contributed by atoms with Crippen molar-refractivity contribution in [1.29, 1.82) is 0 Å². The van der Waals surface area contributed by atoms with Crippen LogP contribution in [0.2, 0.25) is 0 Å². The number of nitrogens with one attached hydrogen (secondary N) is 1. The Morgan fingerprint density at radius 1 is 1.23 bits per heavy atom. The predicted octanol–water partition coefficient (Wildman–Crippen LogP) is 4.40. The molecule has 0 saturated carbocycles. The summed E-state index contributed by atoms with van der Waals surface area (Å²) in [7, 11) is 1.91. The number of nitrogens with zero attached hydrogens (tertiary/aromatic N) is 3. The second kappa shape index (κ2) is 8.85. The Morgan fingerprint density at radius 3 is 2.97 bits per heavy atom. The van der Waals surface area contributed by atoms with E-state index < -0.39 is 0 Å². The molecule has 7 heteroatoms. The number of piperidine rings is 1. The first-order valence-electron chi connectivity index (χ1n) is 10.9. The Kier molecular flexibility index (Phi) is 5.78. The van der Waals surface area contributed by atoms with Crippen LogP contribution in [0.1, 0.15) is 24.1 Å². The van der Waals surface area contributed by atoms with Crippen LogP contribution >= 0.6 is 11.3 Å². The topological polar surface area (TPSA) is 59.4 Å². The van der Waals surface area contributed by atoms with Crippen LogP contribution in [0.5, 0.6) is 5.75 Å². The Morgan fingerprint density at radius 2 is 2.16 bits per heavy atom. The minimum Gasteiger partial charge on any atom is -0.491 e.